The van der Waals surface area contributed by atoms with Gasteiger partial charge in [0.25, 0.3) is 5.91 Å². The molecule has 4 rings (SSSR count). The first-order valence-corrected chi connectivity index (χ1v) is 9.88. The molecule has 0 unspecified atom stereocenters. The van der Waals surface area contributed by atoms with Gasteiger partial charge in [-0.25, -0.2) is 0 Å². The van der Waals surface area contributed by atoms with Gasteiger partial charge in [-0.2, -0.15) is 5.10 Å². The van der Waals surface area contributed by atoms with Crippen LogP contribution in [0.2, 0.25) is 0 Å². The molecule has 5 heteroatoms. The van der Waals surface area contributed by atoms with E-state index < -0.39 is 0 Å². The summed E-state index contributed by atoms with van der Waals surface area (Å²) in [4.78, 5) is 12.4. The van der Waals surface area contributed by atoms with E-state index in [-0.39, 0.29) is 12.5 Å². The molecule has 1 amide bonds. The lowest BCUT2D eigenvalue weighted by atomic mass is 10.1. The maximum Gasteiger partial charge on any atom is 0.258 e. The van der Waals surface area contributed by atoms with Gasteiger partial charge in [-0.1, -0.05) is 72.8 Å². The molecule has 4 aromatic rings. The third kappa shape index (κ3) is 4.94. The number of nitrogens with zero attached hydrogens (tertiary/aromatic N) is 2. The highest BCUT2D eigenvalue weighted by Gasteiger charge is 2.09. The van der Waals surface area contributed by atoms with Crippen LogP contribution in [0.3, 0.4) is 0 Å². The van der Waals surface area contributed by atoms with Gasteiger partial charge >= 0.3 is 0 Å². The van der Waals surface area contributed by atoms with Gasteiger partial charge in [0.2, 0.25) is 0 Å². The van der Waals surface area contributed by atoms with E-state index in [0.717, 1.165) is 22.3 Å². The van der Waals surface area contributed by atoms with Crippen molar-refractivity contribution in [2.45, 2.75) is 13.1 Å². The second-order valence-electron chi connectivity index (χ2n) is 6.90. The Kier molecular flexibility index (Phi) is 6.20. The number of nitrogens with one attached hydrogen (secondary N) is 1. The summed E-state index contributed by atoms with van der Waals surface area (Å²) >= 11 is 0. The van der Waals surface area contributed by atoms with Crippen molar-refractivity contribution in [3.63, 3.8) is 0 Å². The Bertz CT molecular complexity index is 1090. The summed E-state index contributed by atoms with van der Waals surface area (Å²) in [6, 6.07) is 27.7. The first kappa shape index (κ1) is 19.5. The average Bonchev–Trinajstić information content (AvgIpc) is 3.31. The zero-order chi connectivity index (χ0) is 20.6. The van der Waals surface area contributed by atoms with Crippen molar-refractivity contribution < 1.29 is 9.53 Å². The smallest absolute Gasteiger partial charge is 0.258 e. The fourth-order valence-electron chi connectivity index (χ4n) is 3.29. The van der Waals surface area contributed by atoms with Crippen molar-refractivity contribution in [1.29, 1.82) is 0 Å². The van der Waals surface area contributed by atoms with E-state index in [1.165, 1.54) is 0 Å². The summed E-state index contributed by atoms with van der Waals surface area (Å²) < 4.78 is 7.70. The van der Waals surface area contributed by atoms with Crippen LogP contribution in [0, 0.1) is 0 Å². The van der Waals surface area contributed by atoms with Crippen LogP contribution in [-0.4, -0.2) is 22.3 Å². The second-order valence-corrected chi connectivity index (χ2v) is 6.90. The number of carbonyl (C=O) groups excluding carboxylic acids is 1. The first-order valence-electron chi connectivity index (χ1n) is 9.88. The van der Waals surface area contributed by atoms with Gasteiger partial charge in [-0.05, 0) is 28.8 Å². The minimum absolute atomic E-state index is 0.0365. The number of rotatable bonds is 8. The lowest BCUT2D eigenvalue weighted by molar-refractivity contribution is -0.123. The molecular formula is C25H23N3O2. The molecule has 0 aliphatic heterocycles. The zero-order valence-corrected chi connectivity index (χ0v) is 16.6. The molecule has 0 radical (unpaired) electrons. The molecule has 0 aliphatic carbocycles. The molecular weight excluding hydrogens is 374 g/mol. The normalized spacial score (nSPS) is 10.5. The topological polar surface area (TPSA) is 56.1 Å². The molecule has 0 saturated heterocycles. The number of carbonyl (C=O) groups is 1. The summed E-state index contributed by atoms with van der Waals surface area (Å²) in [6.45, 7) is 1.07. The summed E-state index contributed by atoms with van der Waals surface area (Å²) in [5.41, 5.74) is 4.21. The predicted octanol–water partition coefficient (Wildman–Crippen LogP) is 4.29. The van der Waals surface area contributed by atoms with Gasteiger partial charge in [0.05, 0.1) is 6.54 Å². The van der Waals surface area contributed by atoms with Gasteiger partial charge in [-0.15, -0.1) is 0 Å². The fraction of sp³-hybridized carbons (Fsp3) is 0.120. The second kappa shape index (κ2) is 9.56. The molecule has 0 saturated carbocycles. The summed E-state index contributed by atoms with van der Waals surface area (Å²) in [5.74, 6) is 0.532. The molecule has 1 heterocycles. The number of para-hydroxylation sites is 1. The molecule has 0 atom stereocenters. The molecule has 30 heavy (non-hydrogen) atoms. The maximum absolute atomic E-state index is 12.4. The van der Waals surface area contributed by atoms with E-state index in [1.807, 2.05) is 89.7 Å². The van der Waals surface area contributed by atoms with Crippen molar-refractivity contribution in [2.24, 2.45) is 0 Å². The Balaban J connectivity index is 1.36. The van der Waals surface area contributed by atoms with E-state index >= 15 is 0 Å². The van der Waals surface area contributed by atoms with E-state index in [4.69, 9.17) is 4.74 Å². The number of hydrogen-bond donors (Lipinski definition) is 1. The summed E-state index contributed by atoms with van der Waals surface area (Å²) in [7, 11) is 0. The van der Waals surface area contributed by atoms with Crippen molar-refractivity contribution in [1.82, 2.24) is 15.1 Å². The predicted molar refractivity (Wildman–Crippen MR) is 117 cm³/mol. The van der Waals surface area contributed by atoms with Crippen molar-refractivity contribution in [2.75, 3.05) is 6.61 Å². The lowest BCUT2D eigenvalue weighted by Gasteiger charge is -2.13. The van der Waals surface area contributed by atoms with Crippen LogP contribution in [0.5, 0.6) is 5.75 Å². The maximum atomic E-state index is 12.4. The van der Waals surface area contributed by atoms with E-state index in [9.17, 15) is 4.79 Å². The average molecular weight is 397 g/mol. The monoisotopic (exact) mass is 397 g/mol. The number of ether oxygens (including phenoxy) is 1. The van der Waals surface area contributed by atoms with Gasteiger partial charge < -0.3 is 10.1 Å². The standard InChI is InChI=1S/C25H23N3O2/c29-25(19-30-24-14-7-6-13-23(24)20-9-2-1-3-10-20)26-17-21-11-4-5-12-22(21)18-28-16-8-15-27-28/h1-16H,17-19H2,(H,26,29). The number of hydrogen-bond acceptors (Lipinski definition) is 3. The van der Waals surface area contributed by atoms with E-state index in [2.05, 4.69) is 16.5 Å². The van der Waals surface area contributed by atoms with E-state index in [0.29, 0.717) is 18.8 Å². The third-order valence-electron chi connectivity index (χ3n) is 4.82. The van der Waals surface area contributed by atoms with Gasteiger partial charge in [0.1, 0.15) is 5.75 Å². The number of amides is 1. The molecule has 0 bridgehead atoms. The van der Waals surface area contributed by atoms with Crippen LogP contribution >= 0.6 is 0 Å². The Morgan fingerprint density at radius 1 is 0.867 bits per heavy atom. The van der Waals surface area contributed by atoms with Crippen molar-refractivity contribution in [3.05, 3.63) is 108 Å². The molecule has 3 aromatic carbocycles. The molecule has 5 nitrogen and oxygen atoms in total. The zero-order valence-electron chi connectivity index (χ0n) is 16.6. The largest absolute Gasteiger partial charge is 0.483 e. The van der Waals surface area contributed by atoms with Crippen LogP contribution in [0.15, 0.2) is 97.3 Å². The van der Waals surface area contributed by atoms with Crippen LogP contribution in [0.1, 0.15) is 11.1 Å². The van der Waals surface area contributed by atoms with Crippen LogP contribution in [0.25, 0.3) is 11.1 Å². The Morgan fingerprint density at radius 2 is 1.60 bits per heavy atom. The Hall–Kier alpha value is -3.86. The highest BCUT2D eigenvalue weighted by atomic mass is 16.5. The highest BCUT2D eigenvalue weighted by molar-refractivity contribution is 5.78. The summed E-state index contributed by atoms with van der Waals surface area (Å²) in [6.07, 6.45) is 3.68. The summed E-state index contributed by atoms with van der Waals surface area (Å²) in [5, 5.41) is 7.21. The van der Waals surface area contributed by atoms with Gasteiger partial charge in [0, 0.05) is 24.5 Å². The minimum Gasteiger partial charge on any atom is -0.483 e. The fourth-order valence-corrected chi connectivity index (χ4v) is 3.29. The van der Waals surface area contributed by atoms with Crippen LogP contribution < -0.4 is 10.1 Å². The Morgan fingerprint density at radius 3 is 2.40 bits per heavy atom. The number of benzene rings is 3. The molecule has 150 valence electrons. The van der Waals surface area contributed by atoms with Gasteiger partial charge in [0.15, 0.2) is 6.61 Å². The van der Waals surface area contributed by atoms with Gasteiger partial charge in [-0.3, -0.25) is 9.48 Å². The Labute approximate surface area is 175 Å². The van der Waals surface area contributed by atoms with Crippen molar-refractivity contribution >= 4 is 5.91 Å². The highest BCUT2D eigenvalue weighted by Crippen LogP contribution is 2.29. The third-order valence-corrected chi connectivity index (χ3v) is 4.82. The quantitative estimate of drug-likeness (QED) is 0.482. The van der Waals surface area contributed by atoms with Crippen LogP contribution in [-0.2, 0) is 17.9 Å². The SMILES string of the molecule is O=C(COc1ccccc1-c1ccccc1)NCc1ccccc1Cn1cccn1. The van der Waals surface area contributed by atoms with E-state index in [1.54, 1.807) is 6.20 Å². The molecule has 1 aromatic heterocycles. The molecule has 0 aliphatic rings. The minimum atomic E-state index is -0.160. The molecule has 1 N–H and O–H groups in total. The lowest BCUT2D eigenvalue weighted by Crippen LogP contribution is -2.29. The number of aromatic nitrogens is 2. The molecule has 0 spiro atoms. The van der Waals surface area contributed by atoms with Crippen LogP contribution in [0.4, 0.5) is 0 Å². The van der Waals surface area contributed by atoms with Crippen molar-refractivity contribution in [3.8, 4) is 16.9 Å². The molecule has 0 fully saturated rings. The first-order chi connectivity index (χ1) is 14.8.